The van der Waals surface area contributed by atoms with E-state index in [-0.39, 0.29) is 11.4 Å². The Hall–Kier alpha value is -2.38. The number of hydrogen-bond acceptors (Lipinski definition) is 2. The molecule has 1 heterocycles. The summed E-state index contributed by atoms with van der Waals surface area (Å²) >= 11 is 0. The normalized spacial score (nSPS) is 11.7. The average molecular weight is 288 g/mol. The van der Waals surface area contributed by atoms with E-state index in [0.29, 0.717) is 0 Å². The molecule has 2 rings (SSSR count). The van der Waals surface area contributed by atoms with E-state index in [2.05, 4.69) is 5.10 Å². The molecular weight excluding hydrogens is 280 g/mol. The highest BCUT2D eigenvalue weighted by Crippen LogP contribution is 2.21. The lowest BCUT2D eigenvalue weighted by atomic mass is 10.1. The smallest absolute Gasteiger partial charge is 0.295 e. The maximum atomic E-state index is 12.8. The number of ketones is 1. The highest BCUT2D eigenvalue weighted by molar-refractivity contribution is 6.00. The third-order valence-corrected chi connectivity index (χ3v) is 2.64. The van der Waals surface area contributed by atoms with Gasteiger partial charge in [0.15, 0.2) is 0 Å². The lowest BCUT2D eigenvalue weighted by Crippen LogP contribution is -2.29. The third-order valence-electron chi connectivity index (χ3n) is 2.64. The van der Waals surface area contributed by atoms with Gasteiger partial charge in [-0.15, -0.1) is 0 Å². The molecule has 0 fully saturated rings. The Kier molecular flexibility index (Phi) is 3.24. The van der Waals surface area contributed by atoms with E-state index >= 15 is 0 Å². The molecule has 0 unspecified atom stereocenters. The molecule has 8 heteroatoms. The molecule has 106 valence electrons. The van der Waals surface area contributed by atoms with Crippen LogP contribution in [0.5, 0.6) is 0 Å². The molecule has 0 atom stereocenters. The van der Waals surface area contributed by atoms with Gasteiger partial charge in [-0.2, -0.15) is 13.2 Å². The molecule has 1 aromatic carbocycles. The largest absolute Gasteiger partial charge is 0.455 e. The third kappa shape index (κ3) is 2.36. The second kappa shape index (κ2) is 4.62. The van der Waals surface area contributed by atoms with Crippen LogP contribution in [-0.2, 0) is 0 Å². The number of aryl methyl sites for hydroxylation is 1. The van der Waals surface area contributed by atoms with Crippen LogP contribution < -0.4 is 5.56 Å². The minimum absolute atomic E-state index is 0.126. The topological polar surface area (TPSA) is 54.9 Å². The van der Waals surface area contributed by atoms with Gasteiger partial charge in [0, 0.05) is 5.69 Å². The Morgan fingerprint density at radius 3 is 2.25 bits per heavy atom. The molecule has 1 aromatic heterocycles. The van der Waals surface area contributed by atoms with Gasteiger partial charge in [0.05, 0.1) is 5.69 Å². The van der Waals surface area contributed by atoms with Crippen molar-refractivity contribution in [2.24, 2.45) is 0 Å². The molecule has 0 saturated heterocycles. The number of rotatable bonds is 2. The number of nitrogens with one attached hydrogen (secondary N) is 1. The van der Waals surface area contributed by atoms with E-state index in [0.717, 1.165) is 16.8 Å². The summed E-state index contributed by atoms with van der Waals surface area (Å²) < 4.78 is 50.7. The second-order valence-electron chi connectivity index (χ2n) is 4.06. The molecule has 4 nitrogen and oxygen atoms in total. The molecule has 0 amide bonds. The highest BCUT2D eigenvalue weighted by Gasteiger charge is 2.42. The van der Waals surface area contributed by atoms with Crippen LogP contribution in [0.25, 0.3) is 5.69 Å². The zero-order valence-electron chi connectivity index (χ0n) is 10.1. The van der Waals surface area contributed by atoms with Crippen LogP contribution in [0, 0.1) is 12.7 Å². The Morgan fingerprint density at radius 2 is 1.75 bits per heavy atom. The number of H-pyrrole nitrogens is 1. The number of aromatic amines is 1. The maximum absolute atomic E-state index is 12.8. The van der Waals surface area contributed by atoms with Crippen molar-refractivity contribution in [1.82, 2.24) is 9.78 Å². The average Bonchev–Trinajstić information content (AvgIpc) is 2.64. The zero-order valence-corrected chi connectivity index (χ0v) is 10.1. The molecule has 0 aliphatic carbocycles. The Morgan fingerprint density at radius 1 is 1.20 bits per heavy atom. The standard InChI is InChI=1S/C12H8F4N2O2/c1-6-9(10(19)12(14,15)16)11(20)18(17-6)8-4-2-7(13)3-5-8/h2-5,17H,1H3. The van der Waals surface area contributed by atoms with Crippen molar-refractivity contribution in [3.8, 4) is 5.69 Å². The first-order valence-electron chi connectivity index (χ1n) is 5.41. The molecule has 0 saturated carbocycles. The number of halogens is 4. The van der Waals surface area contributed by atoms with E-state index in [9.17, 15) is 27.2 Å². The lowest BCUT2D eigenvalue weighted by molar-refractivity contribution is -0.0886. The maximum Gasteiger partial charge on any atom is 0.455 e. The van der Waals surface area contributed by atoms with Crippen molar-refractivity contribution in [3.05, 3.63) is 51.7 Å². The summed E-state index contributed by atoms with van der Waals surface area (Å²) in [6.07, 6.45) is -5.13. The van der Waals surface area contributed by atoms with Crippen LogP contribution in [0.4, 0.5) is 17.6 Å². The zero-order chi connectivity index (χ0) is 15.1. The molecule has 20 heavy (non-hydrogen) atoms. The molecule has 0 radical (unpaired) electrons. The minimum Gasteiger partial charge on any atom is -0.295 e. The molecule has 0 bridgehead atoms. The molecule has 0 spiro atoms. The predicted molar refractivity (Wildman–Crippen MR) is 61.5 cm³/mol. The molecule has 1 N–H and O–H groups in total. The van der Waals surface area contributed by atoms with Gasteiger partial charge in [0.2, 0.25) is 0 Å². The molecule has 2 aromatic rings. The number of hydrogen-bond donors (Lipinski definition) is 1. The van der Waals surface area contributed by atoms with Crippen molar-refractivity contribution in [2.75, 3.05) is 0 Å². The van der Waals surface area contributed by atoms with E-state index < -0.39 is 28.9 Å². The van der Waals surface area contributed by atoms with Crippen LogP contribution in [0.3, 0.4) is 0 Å². The number of Topliss-reactive ketones (excluding diaryl/α,β-unsaturated/α-hetero) is 1. The summed E-state index contributed by atoms with van der Waals surface area (Å²) in [5.74, 6) is -2.77. The SMILES string of the molecule is Cc1[nH]n(-c2ccc(F)cc2)c(=O)c1C(=O)C(F)(F)F. The summed E-state index contributed by atoms with van der Waals surface area (Å²) in [5, 5.41) is 2.36. The van der Waals surface area contributed by atoms with Gasteiger partial charge >= 0.3 is 6.18 Å². The number of carbonyl (C=O) groups excluding carboxylic acids is 1. The van der Waals surface area contributed by atoms with Gasteiger partial charge < -0.3 is 0 Å². The van der Waals surface area contributed by atoms with Gasteiger partial charge in [-0.25, -0.2) is 9.07 Å². The first-order valence-corrected chi connectivity index (χ1v) is 5.41. The molecular formula is C12H8F4N2O2. The number of carbonyl (C=O) groups is 1. The van der Waals surface area contributed by atoms with Gasteiger partial charge in [-0.3, -0.25) is 14.7 Å². The number of nitrogens with zero attached hydrogens (tertiary/aromatic N) is 1. The van der Waals surface area contributed by atoms with Gasteiger partial charge in [-0.05, 0) is 31.2 Å². The van der Waals surface area contributed by atoms with Gasteiger partial charge in [0.25, 0.3) is 11.3 Å². The van der Waals surface area contributed by atoms with Crippen LogP contribution in [0.1, 0.15) is 16.1 Å². The minimum atomic E-state index is -5.13. The van der Waals surface area contributed by atoms with Gasteiger partial charge in [-0.1, -0.05) is 0 Å². The number of benzene rings is 1. The van der Waals surface area contributed by atoms with Crippen LogP contribution in [0.2, 0.25) is 0 Å². The predicted octanol–water partition coefficient (Wildman–Crippen LogP) is 2.36. The molecule has 0 aliphatic heterocycles. The first-order chi connectivity index (χ1) is 9.21. The van der Waals surface area contributed by atoms with Crippen molar-refractivity contribution < 1.29 is 22.4 Å². The van der Waals surface area contributed by atoms with Crippen molar-refractivity contribution in [1.29, 1.82) is 0 Å². The second-order valence-corrected chi connectivity index (χ2v) is 4.06. The fourth-order valence-electron chi connectivity index (χ4n) is 1.73. The Labute approximate surface area is 109 Å². The number of aromatic nitrogens is 2. The van der Waals surface area contributed by atoms with Crippen LogP contribution >= 0.6 is 0 Å². The summed E-state index contributed by atoms with van der Waals surface area (Å²) in [7, 11) is 0. The van der Waals surface area contributed by atoms with Crippen LogP contribution in [0.15, 0.2) is 29.1 Å². The number of alkyl halides is 3. The monoisotopic (exact) mass is 288 g/mol. The quantitative estimate of drug-likeness (QED) is 0.681. The fraction of sp³-hybridized carbons (Fsp3) is 0.167. The summed E-state index contributed by atoms with van der Waals surface area (Å²) in [5.41, 5.74) is -2.18. The first kappa shape index (κ1) is 14.0. The summed E-state index contributed by atoms with van der Waals surface area (Å²) in [6, 6.07) is 4.50. The Bertz CT molecular complexity index is 711. The van der Waals surface area contributed by atoms with E-state index in [1.54, 1.807) is 0 Å². The van der Waals surface area contributed by atoms with Crippen molar-refractivity contribution in [2.45, 2.75) is 13.1 Å². The fourth-order valence-corrected chi connectivity index (χ4v) is 1.73. The summed E-state index contributed by atoms with van der Waals surface area (Å²) in [4.78, 5) is 23.1. The summed E-state index contributed by atoms with van der Waals surface area (Å²) in [6.45, 7) is 1.18. The molecule has 0 aliphatic rings. The Balaban J connectivity index is 2.58. The van der Waals surface area contributed by atoms with Crippen molar-refractivity contribution in [3.63, 3.8) is 0 Å². The highest BCUT2D eigenvalue weighted by atomic mass is 19.4. The van der Waals surface area contributed by atoms with E-state index in [4.69, 9.17) is 0 Å². The van der Waals surface area contributed by atoms with Crippen molar-refractivity contribution >= 4 is 5.78 Å². The van der Waals surface area contributed by atoms with Gasteiger partial charge in [0.1, 0.15) is 11.4 Å². The van der Waals surface area contributed by atoms with Crippen LogP contribution in [-0.4, -0.2) is 21.7 Å². The van der Waals surface area contributed by atoms with E-state index in [1.165, 1.54) is 19.1 Å². The van der Waals surface area contributed by atoms with E-state index in [1.807, 2.05) is 0 Å². The lowest BCUT2D eigenvalue weighted by Gasteiger charge is -2.02.